The van der Waals surface area contributed by atoms with E-state index < -0.39 is 11.7 Å². The van der Waals surface area contributed by atoms with Crippen LogP contribution >= 0.6 is 0 Å². The van der Waals surface area contributed by atoms with Gasteiger partial charge in [0.2, 0.25) is 0 Å². The van der Waals surface area contributed by atoms with Gasteiger partial charge in [0, 0.05) is 11.1 Å². The Hall–Kier alpha value is -2.56. The van der Waals surface area contributed by atoms with Crippen molar-refractivity contribution < 1.29 is 13.2 Å². The van der Waals surface area contributed by atoms with Gasteiger partial charge in [0.25, 0.3) is 0 Å². The van der Waals surface area contributed by atoms with Crippen LogP contribution in [0.25, 0.3) is 27.5 Å². The summed E-state index contributed by atoms with van der Waals surface area (Å²) < 4.78 is 41.7. The van der Waals surface area contributed by atoms with Crippen LogP contribution in [0.3, 0.4) is 0 Å². The van der Waals surface area contributed by atoms with E-state index in [4.69, 9.17) is 0 Å². The van der Waals surface area contributed by atoms with Crippen molar-refractivity contribution in [3.8, 4) is 0 Å². The zero-order valence-electron chi connectivity index (χ0n) is 14.0. The van der Waals surface area contributed by atoms with E-state index in [0.717, 1.165) is 40.5 Å². The van der Waals surface area contributed by atoms with Crippen molar-refractivity contribution in [2.45, 2.75) is 32.9 Å². The van der Waals surface area contributed by atoms with E-state index in [0.29, 0.717) is 11.0 Å². The highest BCUT2D eigenvalue weighted by Gasteiger charge is 2.31. The molecule has 0 saturated carbocycles. The Morgan fingerprint density at radius 2 is 1.72 bits per heavy atom. The van der Waals surface area contributed by atoms with Gasteiger partial charge >= 0.3 is 6.18 Å². The van der Waals surface area contributed by atoms with E-state index in [9.17, 15) is 13.2 Å². The maximum Gasteiger partial charge on any atom is 0.416 e. The van der Waals surface area contributed by atoms with Gasteiger partial charge in [0.1, 0.15) is 5.65 Å². The highest BCUT2D eigenvalue weighted by molar-refractivity contribution is 6.01. The van der Waals surface area contributed by atoms with E-state index in [1.807, 2.05) is 35.6 Å². The molecule has 2 aromatic heterocycles. The van der Waals surface area contributed by atoms with Gasteiger partial charge < -0.3 is 0 Å². The highest BCUT2D eigenvalue weighted by atomic mass is 19.4. The van der Waals surface area contributed by atoms with Crippen LogP contribution in [-0.2, 0) is 19.0 Å². The lowest BCUT2D eigenvalue weighted by Crippen LogP contribution is -2.07. The molecule has 4 aromatic rings. The predicted molar refractivity (Wildman–Crippen MR) is 94.0 cm³/mol. The van der Waals surface area contributed by atoms with Crippen molar-refractivity contribution in [1.82, 2.24) is 9.38 Å². The molecule has 0 amide bonds. The van der Waals surface area contributed by atoms with Crippen LogP contribution in [0.5, 0.6) is 0 Å². The van der Waals surface area contributed by atoms with Crippen molar-refractivity contribution in [2.75, 3.05) is 0 Å². The molecule has 0 fully saturated rings. The van der Waals surface area contributed by atoms with Crippen LogP contribution in [-0.4, -0.2) is 9.38 Å². The Morgan fingerprint density at radius 3 is 2.40 bits per heavy atom. The van der Waals surface area contributed by atoms with Crippen molar-refractivity contribution in [3.05, 3.63) is 59.3 Å². The maximum absolute atomic E-state index is 13.2. The number of aromatic nitrogens is 2. The molecule has 2 nitrogen and oxygen atoms in total. The first kappa shape index (κ1) is 15.9. The second kappa shape index (κ2) is 5.48. The second-order valence-corrected chi connectivity index (χ2v) is 6.15. The highest BCUT2D eigenvalue weighted by Crippen LogP contribution is 2.36. The molecule has 2 heterocycles. The first-order valence-electron chi connectivity index (χ1n) is 8.37. The number of halogens is 3. The Bertz CT molecular complexity index is 1110. The third-order valence-electron chi connectivity index (χ3n) is 4.78. The molecule has 0 spiro atoms. The molecular weight excluding hydrogens is 325 g/mol. The Balaban J connectivity index is 2.27. The topological polar surface area (TPSA) is 17.3 Å². The summed E-state index contributed by atoms with van der Waals surface area (Å²) in [6, 6.07) is 11.7. The minimum Gasteiger partial charge on any atom is -0.296 e. The van der Waals surface area contributed by atoms with Crippen molar-refractivity contribution >= 4 is 27.5 Å². The van der Waals surface area contributed by atoms with Gasteiger partial charge in [-0.05, 0) is 48.1 Å². The summed E-state index contributed by atoms with van der Waals surface area (Å²) >= 11 is 0. The molecule has 0 unspecified atom stereocenters. The Morgan fingerprint density at radius 1 is 0.960 bits per heavy atom. The number of hydrogen-bond acceptors (Lipinski definition) is 1. The Labute approximate surface area is 142 Å². The zero-order valence-corrected chi connectivity index (χ0v) is 14.0. The largest absolute Gasteiger partial charge is 0.416 e. The number of para-hydroxylation sites is 2. The summed E-state index contributed by atoms with van der Waals surface area (Å²) in [5, 5.41) is 1.41. The van der Waals surface area contributed by atoms with Crippen LogP contribution in [0.1, 0.15) is 30.7 Å². The predicted octanol–water partition coefficient (Wildman–Crippen LogP) is 5.78. The number of hydrogen-bond donors (Lipinski definition) is 0. The minimum atomic E-state index is -4.37. The lowest BCUT2D eigenvalue weighted by molar-refractivity contribution is -0.137. The zero-order chi connectivity index (χ0) is 17.8. The smallest absolute Gasteiger partial charge is 0.296 e. The van der Waals surface area contributed by atoms with E-state index in [-0.39, 0.29) is 0 Å². The number of rotatable bonds is 2. The number of benzene rings is 2. The molecule has 128 valence electrons. The summed E-state index contributed by atoms with van der Waals surface area (Å²) in [5.74, 6) is 0. The van der Waals surface area contributed by atoms with Crippen molar-refractivity contribution in [2.24, 2.45) is 0 Å². The second-order valence-electron chi connectivity index (χ2n) is 6.15. The fourth-order valence-electron chi connectivity index (χ4n) is 3.71. The van der Waals surface area contributed by atoms with E-state index in [2.05, 4.69) is 11.9 Å². The van der Waals surface area contributed by atoms with Gasteiger partial charge in [-0.3, -0.25) is 4.40 Å². The first-order chi connectivity index (χ1) is 12.0. The van der Waals surface area contributed by atoms with Crippen molar-refractivity contribution in [1.29, 1.82) is 0 Å². The van der Waals surface area contributed by atoms with E-state index in [1.54, 1.807) is 6.07 Å². The van der Waals surface area contributed by atoms with Crippen LogP contribution in [0.15, 0.2) is 42.5 Å². The number of nitrogens with zero attached hydrogens (tertiary/aromatic N) is 2. The van der Waals surface area contributed by atoms with Crippen LogP contribution < -0.4 is 0 Å². The number of imidazole rings is 1. The molecule has 2 aromatic carbocycles. The molecule has 0 radical (unpaired) electrons. The van der Waals surface area contributed by atoms with Gasteiger partial charge in [0.05, 0.1) is 16.6 Å². The van der Waals surface area contributed by atoms with Gasteiger partial charge in [-0.15, -0.1) is 0 Å². The number of fused-ring (bicyclic) bond motifs is 5. The fraction of sp³-hybridized carbons (Fsp3) is 0.250. The lowest BCUT2D eigenvalue weighted by Gasteiger charge is -2.16. The van der Waals surface area contributed by atoms with Gasteiger partial charge in [-0.25, -0.2) is 4.98 Å². The first-order valence-corrected chi connectivity index (χ1v) is 8.37. The minimum absolute atomic E-state index is 0.556. The molecule has 0 N–H and O–H groups in total. The van der Waals surface area contributed by atoms with Crippen LogP contribution in [0, 0.1) is 0 Å². The average Bonchev–Trinajstić information content (AvgIpc) is 2.99. The SMILES string of the molecule is CCc1c(CC)n2c3ccccc3nc2c2cc(C(F)(F)F)ccc12. The summed E-state index contributed by atoms with van der Waals surface area (Å²) in [6.07, 6.45) is -2.82. The van der Waals surface area contributed by atoms with E-state index >= 15 is 0 Å². The van der Waals surface area contributed by atoms with Crippen LogP contribution in [0.4, 0.5) is 13.2 Å². The summed E-state index contributed by atoms with van der Waals surface area (Å²) in [4.78, 5) is 4.65. The van der Waals surface area contributed by atoms with Crippen LogP contribution in [0.2, 0.25) is 0 Å². The quantitative estimate of drug-likeness (QED) is 0.451. The number of alkyl halides is 3. The molecular formula is C20H17F3N2. The van der Waals surface area contributed by atoms with Gasteiger partial charge in [-0.1, -0.05) is 32.0 Å². The monoisotopic (exact) mass is 342 g/mol. The summed E-state index contributed by atoms with van der Waals surface area (Å²) in [7, 11) is 0. The summed E-state index contributed by atoms with van der Waals surface area (Å²) in [5.41, 5.74) is 3.88. The molecule has 25 heavy (non-hydrogen) atoms. The fourth-order valence-corrected chi connectivity index (χ4v) is 3.71. The number of pyridine rings is 1. The third-order valence-corrected chi connectivity index (χ3v) is 4.78. The average molecular weight is 342 g/mol. The molecule has 0 aliphatic heterocycles. The standard InChI is InChI=1S/C20H17F3N2/c1-3-13-14-10-9-12(20(21,22)23)11-15(14)19-24-16-7-5-6-8-18(16)25(19)17(13)4-2/h5-11H,3-4H2,1-2H3. The van der Waals surface area contributed by atoms with E-state index in [1.165, 1.54) is 12.1 Å². The lowest BCUT2D eigenvalue weighted by atomic mass is 9.98. The molecule has 0 bridgehead atoms. The molecule has 4 rings (SSSR count). The normalized spacial score (nSPS) is 12.5. The Kier molecular flexibility index (Phi) is 3.49. The van der Waals surface area contributed by atoms with Gasteiger partial charge in [-0.2, -0.15) is 13.2 Å². The number of aryl methyl sites for hydroxylation is 2. The van der Waals surface area contributed by atoms with Crippen molar-refractivity contribution in [3.63, 3.8) is 0 Å². The molecule has 0 atom stereocenters. The molecule has 0 saturated heterocycles. The third kappa shape index (κ3) is 2.29. The van der Waals surface area contributed by atoms with Gasteiger partial charge in [0.15, 0.2) is 0 Å². The molecule has 0 aliphatic rings. The molecule has 5 heteroatoms. The molecule has 0 aliphatic carbocycles. The summed E-state index contributed by atoms with van der Waals surface area (Å²) in [6.45, 7) is 4.11. The maximum atomic E-state index is 13.2.